The third-order valence-electron chi connectivity index (χ3n) is 8.12. The Morgan fingerprint density at radius 1 is 1.12 bits per heavy atom. The third kappa shape index (κ3) is 7.98. The molecule has 3 atom stereocenters. The number of para-hydroxylation sites is 1. The Bertz CT molecular complexity index is 1840. The van der Waals surface area contributed by atoms with Crippen LogP contribution in [0.1, 0.15) is 48.4 Å². The smallest absolute Gasteiger partial charge is 0.411 e. The van der Waals surface area contributed by atoms with Crippen LogP contribution in [0.25, 0.3) is 11.3 Å². The van der Waals surface area contributed by atoms with Gasteiger partial charge in [-0.25, -0.2) is 18.6 Å². The van der Waals surface area contributed by atoms with E-state index in [0.29, 0.717) is 28.5 Å². The molecule has 0 aliphatic carbocycles. The molecule has 2 heterocycles. The standard InChI is InChI=1S/C35H35F2N7O3S/c1-23(2)40-18-27-6-4-5-7-31(27)43-34(45)47-15-14-44(22-39-21-41-44)20-35(46,29-16-28(36)12-13-30(29)37)24(3)33-42-32(19-48-33)26-10-8-25(17-38)9-11-26/h4-13,16,19,21-24,40,46H,14-15,18,20H2,1-3H3/p+1/t24-,35+,44?/m0/s1. The van der Waals surface area contributed by atoms with Gasteiger partial charge < -0.3 is 15.2 Å². The second kappa shape index (κ2) is 14.9. The zero-order valence-corrected chi connectivity index (χ0v) is 27.5. The molecule has 3 aromatic carbocycles. The molecule has 1 aromatic heterocycles. The summed E-state index contributed by atoms with van der Waals surface area (Å²) in [5, 5.41) is 34.4. The van der Waals surface area contributed by atoms with Crippen LogP contribution in [0.5, 0.6) is 0 Å². The lowest BCUT2D eigenvalue weighted by Gasteiger charge is -2.38. The molecular formula is C35H36F2N7O3S+. The number of nitrogens with one attached hydrogen (secondary N) is 2. The van der Waals surface area contributed by atoms with Crippen molar-refractivity contribution in [3.05, 3.63) is 105 Å². The average molecular weight is 673 g/mol. The molecule has 1 unspecified atom stereocenters. The van der Waals surface area contributed by atoms with Gasteiger partial charge in [-0.1, -0.05) is 56.2 Å². The molecule has 5 rings (SSSR count). The molecule has 48 heavy (non-hydrogen) atoms. The van der Waals surface area contributed by atoms with Crippen molar-refractivity contribution in [2.45, 2.75) is 44.9 Å². The molecule has 0 saturated heterocycles. The van der Waals surface area contributed by atoms with Gasteiger partial charge in [0, 0.05) is 40.7 Å². The van der Waals surface area contributed by atoms with E-state index in [1.807, 2.05) is 32.0 Å². The zero-order chi connectivity index (χ0) is 34.3. The number of thiazole rings is 1. The first-order valence-electron chi connectivity index (χ1n) is 15.4. The van der Waals surface area contributed by atoms with Crippen LogP contribution in [0.4, 0.5) is 19.3 Å². The second-order valence-electron chi connectivity index (χ2n) is 11.8. The van der Waals surface area contributed by atoms with Gasteiger partial charge in [-0.2, -0.15) is 10.3 Å². The van der Waals surface area contributed by atoms with E-state index in [0.717, 1.165) is 29.3 Å². The highest BCUT2D eigenvalue weighted by Gasteiger charge is 2.49. The molecular weight excluding hydrogens is 636 g/mol. The lowest BCUT2D eigenvalue weighted by atomic mass is 9.81. The number of rotatable bonds is 13. The molecule has 1 aliphatic rings. The minimum atomic E-state index is -2.04. The van der Waals surface area contributed by atoms with Crippen LogP contribution in [0.15, 0.2) is 82.2 Å². The number of aromatic nitrogens is 1. The number of nitrogens with zero attached hydrogens (tertiary/aromatic N) is 5. The quantitative estimate of drug-likeness (QED) is 0.139. The van der Waals surface area contributed by atoms with Gasteiger partial charge in [-0.3, -0.25) is 5.32 Å². The SMILES string of the molecule is CC(C)NCc1ccccc1NC(=O)OCC[N+]1(C[C@](O)(c2cc(F)ccc2F)[C@@H](C)c2nc(-c3ccc(C#N)cc3)cs2)C=NC=N1. The summed E-state index contributed by atoms with van der Waals surface area (Å²) in [6, 6.07) is 19.6. The van der Waals surface area contributed by atoms with Crippen LogP contribution in [-0.4, -0.2) is 59.2 Å². The minimum Gasteiger partial charge on any atom is -0.443 e. The summed E-state index contributed by atoms with van der Waals surface area (Å²) in [5.74, 6) is -2.36. The van der Waals surface area contributed by atoms with Crippen molar-refractivity contribution in [2.24, 2.45) is 10.1 Å². The molecule has 10 nitrogen and oxygen atoms in total. The van der Waals surface area contributed by atoms with E-state index in [2.05, 4.69) is 26.8 Å². The Morgan fingerprint density at radius 3 is 2.60 bits per heavy atom. The largest absolute Gasteiger partial charge is 0.443 e. The van der Waals surface area contributed by atoms with E-state index < -0.39 is 29.2 Å². The number of ether oxygens (including phenoxy) is 1. The summed E-state index contributed by atoms with van der Waals surface area (Å²) >= 11 is 1.27. The number of aliphatic imine (C=N–C) groups is 1. The van der Waals surface area contributed by atoms with Crippen molar-refractivity contribution in [3.63, 3.8) is 0 Å². The summed E-state index contributed by atoms with van der Waals surface area (Å²) in [6.07, 6.45) is 2.09. The van der Waals surface area contributed by atoms with Crippen LogP contribution in [0.3, 0.4) is 0 Å². The van der Waals surface area contributed by atoms with Crippen molar-refractivity contribution in [1.82, 2.24) is 10.3 Å². The molecule has 4 aromatic rings. The fourth-order valence-corrected chi connectivity index (χ4v) is 6.36. The van der Waals surface area contributed by atoms with Gasteiger partial charge in [0.25, 0.3) is 0 Å². The maximum atomic E-state index is 15.4. The lowest BCUT2D eigenvalue weighted by molar-refractivity contribution is -0.848. The van der Waals surface area contributed by atoms with E-state index in [9.17, 15) is 14.3 Å². The van der Waals surface area contributed by atoms with E-state index >= 15 is 4.39 Å². The monoisotopic (exact) mass is 672 g/mol. The van der Waals surface area contributed by atoms with Crippen molar-refractivity contribution in [3.8, 4) is 17.3 Å². The van der Waals surface area contributed by atoms with E-state index in [1.165, 1.54) is 24.0 Å². The molecule has 3 N–H and O–H groups in total. The highest BCUT2D eigenvalue weighted by molar-refractivity contribution is 7.10. The Morgan fingerprint density at radius 2 is 1.90 bits per heavy atom. The Balaban J connectivity index is 1.37. The number of carbonyl (C=O) groups is 1. The summed E-state index contributed by atoms with van der Waals surface area (Å²) in [7, 11) is 0. The van der Waals surface area contributed by atoms with E-state index in [-0.39, 0.29) is 35.9 Å². The number of anilines is 1. The topological polar surface area (TPSA) is 132 Å². The lowest BCUT2D eigenvalue weighted by Crippen LogP contribution is -2.54. The van der Waals surface area contributed by atoms with Gasteiger partial charge in [0.1, 0.15) is 31.3 Å². The van der Waals surface area contributed by atoms with Crippen molar-refractivity contribution >= 4 is 35.8 Å². The first kappa shape index (κ1) is 34.5. The van der Waals surface area contributed by atoms with E-state index in [4.69, 9.17) is 15.0 Å². The number of nitriles is 1. The minimum absolute atomic E-state index is 0.0459. The maximum absolute atomic E-state index is 15.4. The molecule has 0 spiro atoms. The van der Waals surface area contributed by atoms with Gasteiger partial charge >= 0.3 is 6.09 Å². The number of halogens is 2. The fourth-order valence-electron chi connectivity index (χ4n) is 5.39. The van der Waals surface area contributed by atoms with Crippen molar-refractivity contribution < 1.29 is 28.0 Å². The van der Waals surface area contributed by atoms with Gasteiger partial charge in [0.15, 0.2) is 11.9 Å². The van der Waals surface area contributed by atoms with Crippen LogP contribution in [0, 0.1) is 23.0 Å². The molecule has 1 amide bonds. The molecule has 1 aliphatic heterocycles. The van der Waals surface area contributed by atoms with Crippen LogP contribution in [-0.2, 0) is 16.9 Å². The van der Waals surface area contributed by atoms with Crippen LogP contribution >= 0.6 is 11.3 Å². The number of hydrogen-bond acceptors (Lipinski definition) is 9. The number of hydrogen-bond donors (Lipinski definition) is 3. The van der Waals surface area contributed by atoms with Gasteiger partial charge in [-0.15, -0.1) is 15.9 Å². The third-order valence-corrected chi connectivity index (χ3v) is 9.15. The first-order valence-corrected chi connectivity index (χ1v) is 16.2. The Kier molecular flexibility index (Phi) is 10.7. The summed E-state index contributed by atoms with van der Waals surface area (Å²) in [6.45, 7) is 5.96. The number of quaternary nitrogens is 1. The zero-order valence-electron chi connectivity index (χ0n) is 26.7. The molecule has 0 radical (unpaired) electrons. The average Bonchev–Trinajstić information content (AvgIpc) is 3.75. The summed E-state index contributed by atoms with van der Waals surface area (Å²) in [5.41, 5.74) is 1.08. The predicted octanol–water partition coefficient (Wildman–Crippen LogP) is 6.50. The van der Waals surface area contributed by atoms with Crippen molar-refractivity contribution in [2.75, 3.05) is 25.0 Å². The molecule has 0 saturated carbocycles. The number of carbonyl (C=O) groups excluding carboxylic acids is 1. The first-order chi connectivity index (χ1) is 23.0. The molecule has 0 bridgehead atoms. The summed E-state index contributed by atoms with van der Waals surface area (Å²) in [4.78, 5) is 21.7. The molecule has 0 fully saturated rings. The normalized spacial score (nSPS) is 17.2. The fraction of sp³-hybridized carbons (Fsp3) is 0.286. The highest BCUT2D eigenvalue weighted by Crippen LogP contribution is 2.42. The predicted molar refractivity (Wildman–Crippen MR) is 181 cm³/mol. The maximum Gasteiger partial charge on any atom is 0.411 e. The highest BCUT2D eigenvalue weighted by atomic mass is 32.1. The number of amides is 1. The number of benzene rings is 3. The van der Waals surface area contributed by atoms with Crippen LogP contribution < -0.4 is 10.6 Å². The Hall–Kier alpha value is -4.87. The number of aliphatic hydroxyl groups is 1. The molecule has 248 valence electrons. The Labute approximate surface area is 281 Å². The van der Waals surface area contributed by atoms with Gasteiger partial charge in [0.2, 0.25) is 6.34 Å². The van der Waals surface area contributed by atoms with Gasteiger partial charge in [0.05, 0.1) is 22.3 Å². The molecule has 13 heteroatoms. The van der Waals surface area contributed by atoms with E-state index in [1.54, 1.807) is 42.6 Å². The van der Waals surface area contributed by atoms with Crippen LogP contribution in [0.2, 0.25) is 0 Å². The second-order valence-corrected chi connectivity index (χ2v) is 12.7. The van der Waals surface area contributed by atoms with Crippen molar-refractivity contribution in [1.29, 1.82) is 5.26 Å². The van der Waals surface area contributed by atoms with Gasteiger partial charge in [-0.05, 0) is 42.0 Å². The summed E-state index contributed by atoms with van der Waals surface area (Å²) < 4.78 is 35.2.